The van der Waals surface area contributed by atoms with Crippen molar-refractivity contribution in [3.8, 4) is 5.75 Å². The fourth-order valence-corrected chi connectivity index (χ4v) is 4.90. The number of aromatic nitrogens is 2. The average molecular weight is 473 g/mol. The fraction of sp³-hybridized carbons (Fsp3) is 0.321. The van der Waals surface area contributed by atoms with E-state index in [9.17, 15) is 14.7 Å². The minimum atomic E-state index is -1.01. The maximum Gasteiger partial charge on any atom is 0.335 e. The molecule has 0 bridgehead atoms. The first kappa shape index (κ1) is 22.9. The van der Waals surface area contributed by atoms with E-state index in [-0.39, 0.29) is 24.2 Å². The van der Waals surface area contributed by atoms with E-state index in [2.05, 4.69) is 17.2 Å². The van der Waals surface area contributed by atoms with Crippen molar-refractivity contribution in [2.45, 2.75) is 45.3 Å². The fourth-order valence-electron chi connectivity index (χ4n) is 4.90. The molecule has 4 aromatic rings. The number of aromatic carboxylic acids is 1. The van der Waals surface area contributed by atoms with E-state index < -0.39 is 11.4 Å². The summed E-state index contributed by atoms with van der Waals surface area (Å²) in [7, 11) is 1.77. The Kier molecular flexibility index (Phi) is 5.93. The Morgan fingerprint density at radius 3 is 2.60 bits per heavy atom. The Morgan fingerprint density at radius 1 is 1.09 bits per heavy atom. The first-order valence-electron chi connectivity index (χ1n) is 11.8. The van der Waals surface area contributed by atoms with Crippen LogP contribution in [0.25, 0.3) is 21.7 Å². The highest BCUT2D eigenvalue weighted by atomic mass is 16.5. The molecule has 0 unspecified atom stereocenters. The molecule has 1 aliphatic carbocycles. The van der Waals surface area contributed by atoms with Crippen molar-refractivity contribution in [3.63, 3.8) is 0 Å². The highest BCUT2D eigenvalue weighted by Gasteiger charge is 2.39. The monoisotopic (exact) mass is 472 g/mol. The predicted octanol–water partition coefficient (Wildman–Crippen LogP) is 5.50. The van der Waals surface area contributed by atoms with Crippen molar-refractivity contribution in [1.82, 2.24) is 9.78 Å². The summed E-state index contributed by atoms with van der Waals surface area (Å²) < 4.78 is 13.7. The molecular weight excluding hydrogens is 444 g/mol. The molecule has 0 atom stereocenters. The van der Waals surface area contributed by atoms with Gasteiger partial charge in [0, 0.05) is 7.05 Å². The number of carbonyl (C=O) groups is 2. The van der Waals surface area contributed by atoms with E-state index in [0.29, 0.717) is 36.9 Å². The van der Waals surface area contributed by atoms with E-state index in [4.69, 9.17) is 9.47 Å². The minimum Gasteiger partial charge on any atom is -0.490 e. The third-order valence-corrected chi connectivity index (χ3v) is 7.14. The average Bonchev–Trinajstić information content (AvgIpc) is 3.24. The summed E-state index contributed by atoms with van der Waals surface area (Å²) in [6.45, 7) is 2.20. The zero-order valence-electron chi connectivity index (χ0n) is 19.9. The molecule has 1 fully saturated rings. The summed E-state index contributed by atoms with van der Waals surface area (Å²) in [5.74, 6) is -0.686. The van der Waals surface area contributed by atoms with Crippen molar-refractivity contribution < 1.29 is 24.2 Å². The number of esters is 1. The number of fused-ring (bicyclic) bond motifs is 2. The number of benzene rings is 3. The predicted molar refractivity (Wildman–Crippen MR) is 132 cm³/mol. The third-order valence-electron chi connectivity index (χ3n) is 7.14. The molecule has 5 rings (SSSR count). The van der Waals surface area contributed by atoms with Crippen molar-refractivity contribution in [3.05, 3.63) is 71.9 Å². The van der Waals surface area contributed by atoms with Crippen molar-refractivity contribution in [2.24, 2.45) is 12.5 Å². The van der Waals surface area contributed by atoms with Crippen molar-refractivity contribution >= 4 is 33.6 Å². The molecule has 0 radical (unpaired) electrons. The van der Waals surface area contributed by atoms with Gasteiger partial charge in [0.05, 0.1) is 34.2 Å². The number of hydrogen-bond acceptors (Lipinski definition) is 5. The second-order valence-electron chi connectivity index (χ2n) is 9.57. The van der Waals surface area contributed by atoms with E-state index in [1.165, 1.54) is 0 Å². The van der Waals surface area contributed by atoms with Crippen LogP contribution in [0.2, 0.25) is 0 Å². The van der Waals surface area contributed by atoms with Gasteiger partial charge in [-0.3, -0.25) is 9.48 Å². The van der Waals surface area contributed by atoms with Gasteiger partial charge >= 0.3 is 11.9 Å². The van der Waals surface area contributed by atoms with Gasteiger partial charge in [-0.2, -0.15) is 5.10 Å². The molecule has 1 aliphatic rings. The number of hydrogen-bond donors (Lipinski definition) is 1. The van der Waals surface area contributed by atoms with Crippen LogP contribution in [-0.2, 0) is 23.2 Å². The lowest BCUT2D eigenvalue weighted by Gasteiger charge is -2.35. The summed E-state index contributed by atoms with van der Waals surface area (Å²) in [5.41, 5.74) is 1.29. The lowest BCUT2D eigenvalue weighted by atomic mass is 9.74. The largest absolute Gasteiger partial charge is 0.490 e. The lowest BCUT2D eigenvalue weighted by molar-refractivity contribution is -0.159. The van der Waals surface area contributed by atoms with Gasteiger partial charge < -0.3 is 14.6 Å². The number of ether oxygens (including phenoxy) is 2. The van der Waals surface area contributed by atoms with E-state index >= 15 is 0 Å². The summed E-state index contributed by atoms with van der Waals surface area (Å²) in [4.78, 5) is 24.6. The molecule has 7 heteroatoms. The molecule has 0 amide bonds. The van der Waals surface area contributed by atoms with Gasteiger partial charge in [0.2, 0.25) is 0 Å². The number of rotatable bonds is 6. The number of carboxylic acid groups (broad SMARTS) is 1. The van der Waals surface area contributed by atoms with Crippen LogP contribution in [0.4, 0.5) is 0 Å². The molecule has 3 aromatic carbocycles. The molecule has 0 saturated heterocycles. The van der Waals surface area contributed by atoms with Gasteiger partial charge in [0.1, 0.15) is 12.4 Å². The Labute approximate surface area is 203 Å². The van der Waals surface area contributed by atoms with Crippen LogP contribution in [0.15, 0.2) is 60.8 Å². The number of carboxylic acids is 1. The molecule has 1 aromatic heterocycles. The quantitative estimate of drug-likeness (QED) is 0.373. The van der Waals surface area contributed by atoms with Crippen molar-refractivity contribution in [1.29, 1.82) is 0 Å². The molecule has 1 saturated carbocycles. The lowest BCUT2D eigenvalue weighted by Crippen LogP contribution is -2.37. The second-order valence-corrected chi connectivity index (χ2v) is 9.57. The van der Waals surface area contributed by atoms with Gasteiger partial charge in [0.25, 0.3) is 0 Å². The van der Waals surface area contributed by atoms with E-state index in [0.717, 1.165) is 21.7 Å². The van der Waals surface area contributed by atoms with E-state index in [1.807, 2.05) is 37.3 Å². The summed E-state index contributed by atoms with van der Waals surface area (Å²) in [6.07, 6.45) is 4.22. The van der Waals surface area contributed by atoms with Crippen molar-refractivity contribution in [2.75, 3.05) is 0 Å². The number of aryl methyl sites for hydroxylation is 1. The van der Waals surface area contributed by atoms with Gasteiger partial charge in [-0.15, -0.1) is 0 Å². The maximum atomic E-state index is 13.1. The van der Waals surface area contributed by atoms with Crippen LogP contribution in [0, 0.1) is 5.41 Å². The number of carbonyl (C=O) groups excluding carboxylic acids is 1. The zero-order valence-corrected chi connectivity index (χ0v) is 19.9. The number of nitrogens with zero attached hydrogens (tertiary/aromatic N) is 2. The van der Waals surface area contributed by atoms with Crippen LogP contribution in [0.1, 0.15) is 48.5 Å². The van der Waals surface area contributed by atoms with Crippen LogP contribution in [0.3, 0.4) is 0 Å². The molecule has 1 N–H and O–H groups in total. The topological polar surface area (TPSA) is 90.7 Å². The highest BCUT2D eigenvalue weighted by molar-refractivity contribution is 5.96. The first-order chi connectivity index (χ1) is 16.8. The zero-order chi connectivity index (χ0) is 24.6. The Bertz CT molecular complexity index is 1410. The highest BCUT2D eigenvalue weighted by Crippen LogP contribution is 2.40. The Morgan fingerprint density at radius 2 is 1.83 bits per heavy atom. The summed E-state index contributed by atoms with van der Waals surface area (Å²) in [6, 6.07) is 17.3. The Balaban J connectivity index is 1.24. The summed E-state index contributed by atoms with van der Waals surface area (Å²) in [5, 5.41) is 16.7. The van der Waals surface area contributed by atoms with Crippen LogP contribution in [-0.4, -0.2) is 32.9 Å². The van der Waals surface area contributed by atoms with Crippen LogP contribution < -0.4 is 4.74 Å². The molecule has 1 heterocycles. The van der Waals surface area contributed by atoms with Gasteiger partial charge in [0.15, 0.2) is 0 Å². The smallest absolute Gasteiger partial charge is 0.335 e. The molecule has 0 aliphatic heterocycles. The summed E-state index contributed by atoms with van der Waals surface area (Å²) >= 11 is 0. The molecular formula is C28H28N2O5. The maximum absolute atomic E-state index is 13.1. The van der Waals surface area contributed by atoms with Gasteiger partial charge in [-0.25, -0.2) is 4.79 Å². The second kappa shape index (κ2) is 9.06. The van der Waals surface area contributed by atoms with Crippen LogP contribution >= 0.6 is 0 Å². The standard InChI is InChI=1S/C28H28N2O5/c1-28(27(33)34-17-19-8-5-7-18-6-3-4-9-22(18)19)12-10-21(11-13-28)35-25-15-20(26(31)32)14-24-23(25)16-29-30(24)2/h3-9,14-16,21H,10-13,17H2,1-2H3,(H,31,32). The molecule has 0 spiro atoms. The van der Waals surface area contributed by atoms with Crippen LogP contribution in [0.5, 0.6) is 5.75 Å². The van der Waals surface area contributed by atoms with Gasteiger partial charge in [-0.05, 0) is 61.1 Å². The molecule has 7 nitrogen and oxygen atoms in total. The molecule has 35 heavy (non-hydrogen) atoms. The van der Waals surface area contributed by atoms with E-state index in [1.54, 1.807) is 30.1 Å². The Hall–Kier alpha value is -3.87. The first-order valence-corrected chi connectivity index (χ1v) is 11.8. The normalized spacial score (nSPS) is 20.1. The third kappa shape index (κ3) is 4.46. The molecule has 180 valence electrons. The minimum absolute atomic E-state index is 0.110. The SMILES string of the molecule is Cn1ncc2c(OC3CCC(C)(C(=O)OCc4cccc5ccccc45)CC3)cc(C(=O)O)cc21. The van der Waals surface area contributed by atoms with Gasteiger partial charge in [-0.1, -0.05) is 42.5 Å².